The molecule has 10 aromatic rings. The van der Waals surface area contributed by atoms with Crippen molar-refractivity contribution in [2.24, 2.45) is 0 Å². The van der Waals surface area contributed by atoms with Gasteiger partial charge in [0.1, 0.15) is 5.65 Å². The van der Waals surface area contributed by atoms with E-state index in [4.69, 9.17) is 9.97 Å². The summed E-state index contributed by atoms with van der Waals surface area (Å²) in [5, 5.41) is 3.51. The van der Waals surface area contributed by atoms with Crippen molar-refractivity contribution in [2.75, 3.05) is 0 Å². The van der Waals surface area contributed by atoms with Crippen LogP contribution >= 0.6 is 0 Å². The molecule has 3 aromatic heterocycles. The van der Waals surface area contributed by atoms with Crippen molar-refractivity contribution in [1.82, 2.24) is 14.4 Å². The highest BCUT2D eigenvalue weighted by Crippen LogP contribution is 2.57. The minimum Gasteiger partial charge on any atom is -0.306 e. The van der Waals surface area contributed by atoms with Gasteiger partial charge in [-0.1, -0.05) is 146 Å². The van der Waals surface area contributed by atoms with Crippen molar-refractivity contribution in [3.63, 3.8) is 0 Å². The van der Waals surface area contributed by atoms with Gasteiger partial charge >= 0.3 is 0 Å². The van der Waals surface area contributed by atoms with Crippen molar-refractivity contribution in [3.8, 4) is 44.8 Å². The molecule has 0 bridgehead atoms. The summed E-state index contributed by atoms with van der Waals surface area (Å²) in [7, 11) is 0. The summed E-state index contributed by atoms with van der Waals surface area (Å²) in [6, 6.07) is 68.1. The Labute approximate surface area is 313 Å². The van der Waals surface area contributed by atoms with Crippen molar-refractivity contribution < 1.29 is 0 Å². The Morgan fingerprint density at radius 1 is 0.407 bits per heavy atom. The Kier molecular flexibility index (Phi) is 6.77. The number of para-hydroxylation sites is 1. The Balaban J connectivity index is 1.14. The molecule has 1 aliphatic carbocycles. The van der Waals surface area contributed by atoms with Gasteiger partial charge in [0, 0.05) is 34.3 Å². The number of aromatic nitrogens is 3. The highest BCUT2D eigenvalue weighted by molar-refractivity contribution is 6.13. The van der Waals surface area contributed by atoms with E-state index in [0.29, 0.717) is 0 Å². The first-order valence-electron chi connectivity index (χ1n) is 18.5. The third kappa shape index (κ3) is 4.55. The van der Waals surface area contributed by atoms with Crippen LogP contribution in [0.3, 0.4) is 0 Å². The summed E-state index contributed by atoms with van der Waals surface area (Å²) in [5.41, 5.74) is 15.5. The third-order valence-corrected chi connectivity index (χ3v) is 11.3. The average molecular weight is 688 g/mol. The molecule has 0 saturated carbocycles. The van der Waals surface area contributed by atoms with Gasteiger partial charge < -0.3 is 4.40 Å². The molecule has 3 nitrogen and oxygen atoms in total. The molecule has 11 rings (SSSR count). The van der Waals surface area contributed by atoms with Gasteiger partial charge in [0.2, 0.25) is 0 Å². The molecular formula is C51H33N3. The molecule has 3 heteroatoms. The SMILES string of the molecule is c1ccc(C2(c3ccccc3)c3ccccc3-c3cc4c(-c5cccc(-c6cccc(-c7cn8ccccc8n7)c6)c5)nc5ccccc5c4cc32)cc1. The number of nitrogens with zero attached hydrogens (tertiary/aromatic N) is 3. The first kappa shape index (κ1) is 30.5. The van der Waals surface area contributed by atoms with E-state index in [0.717, 1.165) is 55.6 Å². The van der Waals surface area contributed by atoms with Gasteiger partial charge in [-0.05, 0) is 92.4 Å². The van der Waals surface area contributed by atoms with Crippen LogP contribution in [0.25, 0.3) is 72.1 Å². The molecule has 0 radical (unpaired) electrons. The molecule has 0 fully saturated rings. The maximum atomic E-state index is 5.42. The molecule has 252 valence electrons. The largest absolute Gasteiger partial charge is 0.306 e. The zero-order valence-corrected chi connectivity index (χ0v) is 29.4. The molecule has 7 aromatic carbocycles. The zero-order chi connectivity index (χ0) is 35.6. The van der Waals surface area contributed by atoms with Gasteiger partial charge in [-0.3, -0.25) is 0 Å². The number of fused-ring (bicyclic) bond motifs is 7. The minimum atomic E-state index is -0.473. The maximum absolute atomic E-state index is 5.42. The van der Waals surface area contributed by atoms with Crippen LogP contribution in [-0.2, 0) is 5.41 Å². The monoisotopic (exact) mass is 687 g/mol. The van der Waals surface area contributed by atoms with Crippen LogP contribution in [0.5, 0.6) is 0 Å². The second-order valence-electron chi connectivity index (χ2n) is 14.2. The van der Waals surface area contributed by atoms with Crippen LogP contribution in [-0.4, -0.2) is 14.4 Å². The van der Waals surface area contributed by atoms with Crippen LogP contribution in [0.1, 0.15) is 22.3 Å². The predicted octanol–water partition coefficient (Wildman–Crippen LogP) is 12.4. The Bertz CT molecular complexity index is 2980. The molecule has 0 amide bonds. The van der Waals surface area contributed by atoms with Crippen LogP contribution in [0.2, 0.25) is 0 Å². The molecular weight excluding hydrogens is 655 g/mol. The van der Waals surface area contributed by atoms with Crippen LogP contribution in [0.4, 0.5) is 0 Å². The van der Waals surface area contributed by atoms with Crippen molar-refractivity contribution in [1.29, 1.82) is 0 Å². The highest BCUT2D eigenvalue weighted by atomic mass is 15.0. The summed E-state index contributed by atoms with van der Waals surface area (Å²) in [4.78, 5) is 10.3. The standard InChI is InChI=1S/C51H33N3/c1-3-19-38(20-4-1)51(39-21-5-2-6-22-39)45-25-9-7-23-40(45)43-31-44-42(32-46(43)51)41-24-8-10-26-47(41)53-50(44)37-18-14-16-35(30-37)34-15-13-17-36(29-34)48-33-54-28-12-11-27-49(54)52-48/h1-33H. The first-order chi connectivity index (χ1) is 26.8. The lowest BCUT2D eigenvalue weighted by Crippen LogP contribution is -2.28. The number of hydrogen-bond donors (Lipinski definition) is 0. The van der Waals surface area contributed by atoms with Crippen molar-refractivity contribution >= 4 is 27.3 Å². The van der Waals surface area contributed by atoms with Gasteiger partial charge in [0.15, 0.2) is 0 Å². The van der Waals surface area contributed by atoms with E-state index < -0.39 is 5.41 Å². The normalized spacial score (nSPS) is 13.0. The number of benzene rings is 7. The topological polar surface area (TPSA) is 30.2 Å². The summed E-state index contributed by atoms with van der Waals surface area (Å²) in [6.07, 6.45) is 4.13. The first-order valence-corrected chi connectivity index (χ1v) is 18.5. The summed E-state index contributed by atoms with van der Waals surface area (Å²) in [5.74, 6) is 0. The molecule has 0 unspecified atom stereocenters. The molecule has 0 aliphatic heterocycles. The van der Waals surface area contributed by atoms with Gasteiger partial charge in [0.05, 0.1) is 22.3 Å². The van der Waals surface area contributed by atoms with Gasteiger partial charge in [0.25, 0.3) is 0 Å². The number of pyridine rings is 2. The van der Waals surface area contributed by atoms with Crippen molar-refractivity contribution in [3.05, 3.63) is 223 Å². The number of hydrogen-bond acceptors (Lipinski definition) is 2. The fourth-order valence-electron chi connectivity index (χ4n) is 8.88. The Hall–Kier alpha value is -7.10. The van der Waals surface area contributed by atoms with Gasteiger partial charge in [-0.2, -0.15) is 0 Å². The lowest BCUT2D eigenvalue weighted by Gasteiger charge is -2.34. The minimum absolute atomic E-state index is 0.473. The van der Waals surface area contributed by atoms with E-state index in [-0.39, 0.29) is 0 Å². The second kappa shape index (κ2) is 12.0. The smallest absolute Gasteiger partial charge is 0.137 e. The van der Waals surface area contributed by atoms with E-state index in [1.54, 1.807) is 0 Å². The second-order valence-corrected chi connectivity index (χ2v) is 14.2. The molecule has 0 atom stereocenters. The van der Waals surface area contributed by atoms with Gasteiger partial charge in [-0.15, -0.1) is 0 Å². The van der Waals surface area contributed by atoms with E-state index in [1.165, 1.54) is 38.8 Å². The summed E-state index contributed by atoms with van der Waals surface area (Å²) in [6.45, 7) is 0. The van der Waals surface area contributed by atoms with Crippen LogP contribution in [0, 0.1) is 0 Å². The Morgan fingerprint density at radius 3 is 1.83 bits per heavy atom. The predicted molar refractivity (Wildman–Crippen MR) is 222 cm³/mol. The summed E-state index contributed by atoms with van der Waals surface area (Å²) >= 11 is 0. The lowest BCUT2D eigenvalue weighted by atomic mass is 9.67. The molecule has 1 aliphatic rings. The Morgan fingerprint density at radius 2 is 1.06 bits per heavy atom. The van der Waals surface area contributed by atoms with E-state index in [9.17, 15) is 0 Å². The molecule has 0 saturated heterocycles. The van der Waals surface area contributed by atoms with Crippen molar-refractivity contribution in [2.45, 2.75) is 5.41 Å². The maximum Gasteiger partial charge on any atom is 0.137 e. The summed E-state index contributed by atoms with van der Waals surface area (Å²) < 4.78 is 2.07. The molecule has 0 spiro atoms. The quantitative estimate of drug-likeness (QED) is 0.169. The van der Waals surface area contributed by atoms with E-state index in [2.05, 4.69) is 180 Å². The average Bonchev–Trinajstić information content (AvgIpc) is 3.81. The van der Waals surface area contributed by atoms with Crippen LogP contribution in [0.15, 0.2) is 200 Å². The highest BCUT2D eigenvalue weighted by Gasteiger charge is 2.46. The lowest BCUT2D eigenvalue weighted by molar-refractivity contribution is 0.769. The fraction of sp³-hybridized carbons (Fsp3) is 0.0196. The third-order valence-electron chi connectivity index (χ3n) is 11.3. The van der Waals surface area contributed by atoms with E-state index in [1.807, 2.05) is 24.4 Å². The van der Waals surface area contributed by atoms with E-state index >= 15 is 0 Å². The molecule has 3 heterocycles. The number of imidazole rings is 1. The number of rotatable bonds is 5. The van der Waals surface area contributed by atoms with Crippen LogP contribution < -0.4 is 0 Å². The molecule has 54 heavy (non-hydrogen) atoms. The van der Waals surface area contributed by atoms with Gasteiger partial charge in [-0.25, -0.2) is 9.97 Å². The zero-order valence-electron chi connectivity index (χ0n) is 29.4. The molecule has 0 N–H and O–H groups in total. The fourth-order valence-corrected chi connectivity index (χ4v) is 8.88.